The van der Waals surface area contributed by atoms with Crippen molar-refractivity contribution in [3.8, 4) is 0 Å². The first-order chi connectivity index (χ1) is 8.27. The lowest BCUT2D eigenvalue weighted by molar-refractivity contribution is 0.0975. The maximum Gasteiger partial charge on any atom is 0.128 e. The summed E-state index contributed by atoms with van der Waals surface area (Å²) in [6.45, 7) is 9.04. The van der Waals surface area contributed by atoms with Crippen molar-refractivity contribution in [2.75, 3.05) is 0 Å². The molecule has 1 rings (SSSR count). The first-order valence-corrected chi connectivity index (χ1v) is 8.40. The van der Waals surface area contributed by atoms with Crippen LogP contribution in [-0.2, 0) is 0 Å². The summed E-state index contributed by atoms with van der Waals surface area (Å²) in [7, 11) is 0. The Kier molecular flexibility index (Phi) is 5.87. The fourth-order valence-corrected chi connectivity index (χ4v) is 4.00. The van der Waals surface area contributed by atoms with Crippen LogP contribution in [0.4, 0.5) is 0 Å². The van der Waals surface area contributed by atoms with Gasteiger partial charge in [0.2, 0.25) is 0 Å². The molecule has 0 unspecified atom stereocenters. The third kappa shape index (κ3) is 3.37. The summed E-state index contributed by atoms with van der Waals surface area (Å²) in [5.74, 6) is 0. The topological polar surface area (TPSA) is 0 Å². The highest BCUT2D eigenvalue weighted by Gasteiger charge is 2.54. The van der Waals surface area contributed by atoms with Gasteiger partial charge in [0, 0.05) is 5.41 Å². The van der Waals surface area contributed by atoms with Gasteiger partial charge in [0.15, 0.2) is 0 Å². The van der Waals surface area contributed by atoms with Crippen LogP contribution >= 0.6 is 23.2 Å². The maximum absolute atomic E-state index is 6.89. The van der Waals surface area contributed by atoms with Crippen LogP contribution in [0, 0.1) is 10.8 Å². The highest BCUT2D eigenvalue weighted by atomic mass is 35.5. The van der Waals surface area contributed by atoms with E-state index in [2.05, 4.69) is 27.7 Å². The van der Waals surface area contributed by atoms with Gasteiger partial charge in [-0.05, 0) is 24.7 Å². The Hall–Kier alpha value is 0.580. The molecular weight excluding hydrogens is 263 g/mol. The lowest BCUT2D eigenvalue weighted by Crippen LogP contribution is -2.49. The molecule has 0 aliphatic heterocycles. The second-order valence-electron chi connectivity index (χ2n) is 7.04. The molecule has 1 aliphatic rings. The van der Waals surface area contributed by atoms with Gasteiger partial charge in [0.25, 0.3) is 0 Å². The molecule has 0 aromatic heterocycles. The van der Waals surface area contributed by atoms with E-state index in [0.29, 0.717) is 0 Å². The zero-order valence-electron chi connectivity index (χ0n) is 12.6. The molecule has 0 aromatic rings. The minimum absolute atomic E-state index is 0.00261. The molecule has 0 nitrogen and oxygen atoms in total. The lowest BCUT2D eigenvalue weighted by Gasteiger charge is -2.51. The van der Waals surface area contributed by atoms with Crippen LogP contribution < -0.4 is 0 Å². The average molecular weight is 293 g/mol. The van der Waals surface area contributed by atoms with Crippen molar-refractivity contribution in [3.05, 3.63) is 0 Å². The van der Waals surface area contributed by atoms with E-state index in [1.54, 1.807) is 0 Å². The highest BCUT2D eigenvalue weighted by Crippen LogP contribution is 2.59. The quantitative estimate of drug-likeness (QED) is 0.376. The summed E-state index contributed by atoms with van der Waals surface area (Å²) in [6, 6.07) is 0. The van der Waals surface area contributed by atoms with Crippen LogP contribution in [0.1, 0.15) is 85.5 Å². The SMILES string of the molecule is CCCCCC(C)(C)C(Cl)(Cl)C1(C)CCCCC1. The van der Waals surface area contributed by atoms with Gasteiger partial charge in [0.1, 0.15) is 4.33 Å². The Balaban J connectivity index is 2.75. The van der Waals surface area contributed by atoms with Gasteiger partial charge in [-0.25, -0.2) is 0 Å². The van der Waals surface area contributed by atoms with Crippen molar-refractivity contribution in [1.29, 1.82) is 0 Å². The molecule has 0 saturated heterocycles. The molecule has 1 aliphatic carbocycles. The van der Waals surface area contributed by atoms with Gasteiger partial charge in [-0.3, -0.25) is 0 Å². The van der Waals surface area contributed by atoms with Crippen LogP contribution in [-0.4, -0.2) is 4.33 Å². The Morgan fingerprint density at radius 3 is 2.06 bits per heavy atom. The van der Waals surface area contributed by atoms with E-state index in [9.17, 15) is 0 Å². The Bertz CT molecular complexity index is 250. The van der Waals surface area contributed by atoms with Crippen LogP contribution in [0.3, 0.4) is 0 Å². The summed E-state index contributed by atoms with van der Waals surface area (Å²) < 4.78 is -0.603. The predicted molar refractivity (Wildman–Crippen MR) is 83.6 cm³/mol. The van der Waals surface area contributed by atoms with Gasteiger partial charge < -0.3 is 0 Å². The first kappa shape index (κ1) is 16.6. The summed E-state index contributed by atoms with van der Waals surface area (Å²) in [6.07, 6.45) is 11.2. The minimum atomic E-state index is -0.603. The lowest BCUT2D eigenvalue weighted by atomic mass is 9.64. The summed E-state index contributed by atoms with van der Waals surface area (Å²) >= 11 is 13.8. The molecule has 0 aromatic carbocycles. The second-order valence-corrected chi connectivity index (χ2v) is 8.36. The van der Waals surface area contributed by atoms with E-state index >= 15 is 0 Å². The molecule has 2 heteroatoms. The molecule has 0 bridgehead atoms. The largest absolute Gasteiger partial charge is 0.128 e. The molecule has 0 amide bonds. The minimum Gasteiger partial charge on any atom is -0.100 e. The molecular formula is C16H30Cl2. The molecule has 18 heavy (non-hydrogen) atoms. The third-order valence-electron chi connectivity index (χ3n) is 4.97. The summed E-state index contributed by atoms with van der Waals surface area (Å²) in [5, 5.41) is 0. The molecule has 1 saturated carbocycles. The molecule has 108 valence electrons. The fraction of sp³-hybridized carbons (Fsp3) is 1.00. The van der Waals surface area contributed by atoms with E-state index in [1.807, 2.05) is 0 Å². The second kappa shape index (κ2) is 6.35. The fourth-order valence-electron chi connectivity index (χ4n) is 3.44. The van der Waals surface area contributed by atoms with E-state index in [4.69, 9.17) is 23.2 Å². The monoisotopic (exact) mass is 292 g/mol. The van der Waals surface area contributed by atoms with Crippen LogP contribution in [0.25, 0.3) is 0 Å². The molecule has 0 radical (unpaired) electrons. The van der Waals surface area contributed by atoms with Crippen LogP contribution in [0.5, 0.6) is 0 Å². The number of hydrogen-bond donors (Lipinski definition) is 0. The van der Waals surface area contributed by atoms with E-state index in [0.717, 1.165) is 6.42 Å². The standard InChI is InChI=1S/C16H30Cl2/c1-5-6-8-11-14(2,3)16(17,18)15(4)12-9-7-10-13-15/h5-13H2,1-4H3. The van der Waals surface area contributed by atoms with Gasteiger partial charge in [-0.1, -0.05) is 66.2 Å². The zero-order chi connectivity index (χ0) is 13.9. The first-order valence-electron chi connectivity index (χ1n) is 7.65. The Morgan fingerprint density at radius 2 is 1.56 bits per heavy atom. The maximum atomic E-state index is 6.89. The van der Waals surface area contributed by atoms with Crippen molar-refractivity contribution >= 4 is 23.2 Å². The number of hydrogen-bond acceptors (Lipinski definition) is 0. The normalized spacial score (nSPS) is 21.0. The zero-order valence-corrected chi connectivity index (χ0v) is 14.1. The number of rotatable bonds is 6. The predicted octanol–water partition coefficient (Wildman–Crippen LogP) is 6.74. The van der Waals surface area contributed by atoms with Gasteiger partial charge in [0.05, 0.1) is 0 Å². The van der Waals surface area contributed by atoms with Crippen LogP contribution in [0.2, 0.25) is 0 Å². The highest BCUT2D eigenvalue weighted by molar-refractivity contribution is 6.49. The number of unbranched alkanes of at least 4 members (excludes halogenated alkanes) is 2. The van der Waals surface area contributed by atoms with Gasteiger partial charge >= 0.3 is 0 Å². The van der Waals surface area contributed by atoms with Crippen molar-refractivity contribution in [2.24, 2.45) is 10.8 Å². The van der Waals surface area contributed by atoms with Crippen molar-refractivity contribution < 1.29 is 0 Å². The average Bonchev–Trinajstić information content (AvgIpc) is 2.29. The van der Waals surface area contributed by atoms with Gasteiger partial charge in [-0.15, -0.1) is 23.2 Å². The Morgan fingerprint density at radius 1 is 1.00 bits per heavy atom. The number of halogens is 2. The van der Waals surface area contributed by atoms with Gasteiger partial charge in [-0.2, -0.15) is 0 Å². The van der Waals surface area contributed by atoms with E-state index in [1.165, 1.54) is 51.4 Å². The Labute approximate surface area is 124 Å². The van der Waals surface area contributed by atoms with E-state index in [-0.39, 0.29) is 10.8 Å². The van der Waals surface area contributed by atoms with Crippen molar-refractivity contribution in [2.45, 2.75) is 89.8 Å². The van der Waals surface area contributed by atoms with Crippen molar-refractivity contribution in [3.63, 3.8) is 0 Å². The van der Waals surface area contributed by atoms with Crippen molar-refractivity contribution in [1.82, 2.24) is 0 Å². The smallest absolute Gasteiger partial charge is 0.100 e. The van der Waals surface area contributed by atoms with E-state index < -0.39 is 4.33 Å². The summed E-state index contributed by atoms with van der Waals surface area (Å²) in [5.41, 5.74) is 0.0848. The molecule has 0 atom stereocenters. The summed E-state index contributed by atoms with van der Waals surface area (Å²) in [4.78, 5) is 0. The molecule has 1 fully saturated rings. The third-order valence-corrected chi connectivity index (χ3v) is 6.91. The number of alkyl halides is 2. The molecule has 0 spiro atoms. The molecule has 0 N–H and O–H groups in total. The van der Waals surface area contributed by atoms with Crippen LogP contribution in [0.15, 0.2) is 0 Å². The molecule has 0 heterocycles.